The third-order valence-electron chi connectivity index (χ3n) is 4.36. The number of fused-ring (bicyclic) bond motifs is 3. The smallest absolute Gasteiger partial charge is 0.335 e. The summed E-state index contributed by atoms with van der Waals surface area (Å²) in [6, 6.07) is 11.1. The number of carbonyl (C=O) groups excluding carboxylic acids is 3. The van der Waals surface area contributed by atoms with Crippen molar-refractivity contribution in [1.82, 2.24) is 4.98 Å². The van der Waals surface area contributed by atoms with E-state index >= 15 is 0 Å². The van der Waals surface area contributed by atoms with Crippen LogP contribution >= 0.6 is 0 Å². The molecule has 1 aromatic heterocycles. The van der Waals surface area contributed by atoms with E-state index in [1.54, 1.807) is 24.3 Å². The van der Waals surface area contributed by atoms with Crippen molar-refractivity contribution in [1.29, 1.82) is 0 Å². The summed E-state index contributed by atoms with van der Waals surface area (Å²) in [7, 11) is 0. The molecule has 0 fully saturated rings. The molecule has 4 N–H and O–H groups in total. The van der Waals surface area contributed by atoms with Crippen molar-refractivity contribution in [3.05, 3.63) is 53.7 Å². The minimum Gasteiger partial charge on any atom is -0.478 e. The number of benzene rings is 2. The van der Waals surface area contributed by atoms with Gasteiger partial charge in [0, 0.05) is 29.1 Å². The molecule has 2 aromatic carbocycles. The summed E-state index contributed by atoms with van der Waals surface area (Å²) in [5.41, 5.74) is 1.35. The third kappa shape index (κ3) is 3.25. The molecule has 144 valence electrons. The quantitative estimate of drug-likeness (QED) is 0.503. The Morgan fingerprint density at radius 3 is 2.52 bits per heavy atom. The van der Waals surface area contributed by atoms with Gasteiger partial charge in [-0.25, -0.2) is 9.78 Å². The molecule has 9 nitrogen and oxygen atoms in total. The number of amides is 2. The van der Waals surface area contributed by atoms with Gasteiger partial charge in [-0.05, 0) is 30.3 Å². The number of Topliss-reactive ketones (excluding diaryl/α,β-unsaturated/α-hetero) is 1. The van der Waals surface area contributed by atoms with Crippen LogP contribution in [-0.2, 0) is 9.59 Å². The van der Waals surface area contributed by atoms with Crippen LogP contribution in [0.4, 0.5) is 22.9 Å². The van der Waals surface area contributed by atoms with E-state index in [4.69, 9.17) is 0 Å². The Labute approximate surface area is 163 Å². The highest BCUT2D eigenvalue weighted by atomic mass is 16.4. The van der Waals surface area contributed by atoms with Gasteiger partial charge >= 0.3 is 5.97 Å². The number of pyridine rings is 1. The number of aromatic carboxylic acids is 1. The Hall–Kier alpha value is -4.27. The molecular weight excluding hydrogens is 376 g/mol. The van der Waals surface area contributed by atoms with Crippen molar-refractivity contribution in [3.8, 4) is 0 Å². The minimum atomic E-state index is -1.12. The number of ketones is 1. The Morgan fingerprint density at radius 1 is 1.03 bits per heavy atom. The fourth-order valence-electron chi connectivity index (χ4n) is 3.13. The van der Waals surface area contributed by atoms with Gasteiger partial charge in [0.05, 0.1) is 11.3 Å². The zero-order valence-electron chi connectivity index (χ0n) is 15.1. The van der Waals surface area contributed by atoms with Crippen LogP contribution in [0.15, 0.2) is 42.5 Å². The Bertz CT molecular complexity index is 1240. The van der Waals surface area contributed by atoms with Gasteiger partial charge in [-0.15, -0.1) is 0 Å². The largest absolute Gasteiger partial charge is 0.478 e. The maximum atomic E-state index is 12.2. The second kappa shape index (κ2) is 6.71. The van der Waals surface area contributed by atoms with Gasteiger partial charge in [0.1, 0.15) is 11.5 Å². The number of hydrogen-bond acceptors (Lipinski definition) is 6. The molecule has 0 radical (unpaired) electrons. The lowest BCUT2D eigenvalue weighted by atomic mass is 10.0. The second-order valence-corrected chi connectivity index (χ2v) is 6.42. The van der Waals surface area contributed by atoms with Gasteiger partial charge < -0.3 is 21.1 Å². The normalized spacial score (nSPS) is 12.4. The number of carbonyl (C=O) groups is 4. The number of nitrogens with zero attached hydrogens (tertiary/aromatic N) is 1. The lowest BCUT2D eigenvalue weighted by Crippen LogP contribution is -2.13. The second-order valence-electron chi connectivity index (χ2n) is 6.42. The molecule has 0 saturated heterocycles. The molecule has 0 bridgehead atoms. The molecule has 9 heteroatoms. The monoisotopic (exact) mass is 390 g/mol. The molecular formula is C20H14N4O5. The molecule has 1 aliphatic rings. The van der Waals surface area contributed by atoms with Crippen molar-refractivity contribution < 1.29 is 24.3 Å². The first kappa shape index (κ1) is 18.1. The molecule has 29 heavy (non-hydrogen) atoms. The number of nitrogens with one attached hydrogen (secondary N) is 3. The number of carboxylic acids is 1. The van der Waals surface area contributed by atoms with Crippen LogP contribution in [0.1, 0.15) is 27.8 Å². The van der Waals surface area contributed by atoms with E-state index in [2.05, 4.69) is 20.9 Å². The van der Waals surface area contributed by atoms with E-state index in [1.807, 2.05) is 0 Å². The van der Waals surface area contributed by atoms with Gasteiger partial charge in [-0.3, -0.25) is 14.4 Å². The van der Waals surface area contributed by atoms with Gasteiger partial charge in [0.15, 0.2) is 0 Å². The summed E-state index contributed by atoms with van der Waals surface area (Å²) in [4.78, 5) is 50.9. The number of anilines is 4. The van der Waals surface area contributed by atoms with E-state index in [9.17, 15) is 24.3 Å². The molecule has 1 aliphatic heterocycles. The van der Waals surface area contributed by atoms with Crippen LogP contribution < -0.4 is 16.0 Å². The molecule has 0 aliphatic carbocycles. The fraction of sp³-hybridized carbons (Fsp3) is 0.0500. The lowest BCUT2D eigenvalue weighted by Gasteiger charge is -2.13. The highest BCUT2D eigenvalue weighted by Crippen LogP contribution is 2.36. The summed E-state index contributed by atoms with van der Waals surface area (Å²) in [6.07, 6.45) is 0. The molecule has 0 atom stereocenters. The summed E-state index contributed by atoms with van der Waals surface area (Å²) < 4.78 is 0. The maximum Gasteiger partial charge on any atom is 0.335 e. The first-order valence-corrected chi connectivity index (χ1v) is 8.55. The molecule has 2 heterocycles. The zero-order chi connectivity index (χ0) is 20.7. The Balaban J connectivity index is 1.87. The molecule has 0 unspecified atom stereocenters. The van der Waals surface area contributed by atoms with Crippen molar-refractivity contribution >= 4 is 57.2 Å². The SMILES string of the molecule is CC(=O)Nc1cccc(Nc2nc3c(c4ccc(C(=O)O)cc24)NC(=O)C3=O)c1. The summed E-state index contributed by atoms with van der Waals surface area (Å²) in [5, 5.41) is 18.4. The fourth-order valence-corrected chi connectivity index (χ4v) is 3.13. The highest BCUT2D eigenvalue weighted by Gasteiger charge is 2.32. The number of aromatic nitrogens is 1. The number of rotatable bonds is 4. The molecule has 0 saturated carbocycles. The molecule has 2 amide bonds. The first-order chi connectivity index (χ1) is 13.8. The predicted octanol–water partition coefficient (Wildman–Crippen LogP) is 2.77. The number of carboxylic acid groups (broad SMARTS) is 1. The van der Waals surface area contributed by atoms with Gasteiger partial charge in [-0.1, -0.05) is 12.1 Å². The van der Waals surface area contributed by atoms with Crippen LogP contribution in [-0.4, -0.2) is 33.7 Å². The standard InChI is InChI=1S/C20H14N4O5/c1-9(25)21-11-3-2-4-12(8-11)22-18-14-7-10(20(28)29)5-6-13(14)15-16(23-18)17(26)19(27)24-15/h2-8H,1H3,(H,21,25)(H,22,23)(H,28,29)(H,24,26,27). The average Bonchev–Trinajstić information content (AvgIpc) is 2.96. The Kier molecular flexibility index (Phi) is 4.19. The van der Waals surface area contributed by atoms with Crippen LogP contribution in [0.3, 0.4) is 0 Å². The maximum absolute atomic E-state index is 12.2. The van der Waals surface area contributed by atoms with Crippen molar-refractivity contribution in [2.24, 2.45) is 0 Å². The van der Waals surface area contributed by atoms with Crippen LogP contribution in [0, 0.1) is 0 Å². The average molecular weight is 390 g/mol. The summed E-state index contributed by atoms with van der Waals surface area (Å²) >= 11 is 0. The van der Waals surface area contributed by atoms with E-state index < -0.39 is 17.7 Å². The van der Waals surface area contributed by atoms with Gasteiger partial charge in [-0.2, -0.15) is 0 Å². The molecule has 3 aromatic rings. The van der Waals surface area contributed by atoms with Crippen molar-refractivity contribution in [2.45, 2.75) is 6.92 Å². The van der Waals surface area contributed by atoms with E-state index in [1.165, 1.54) is 25.1 Å². The van der Waals surface area contributed by atoms with Gasteiger partial charge in [0.25, 0.3) is 11.7 Å². The van der Waals surface area contributed by atoms with E-state index in [0.29, 0.717) is 22.1 Å². The summed E-state index contributed by atoms with van der Waals surface area (Å²) in [6.45, 7) is 1.39. The van der Waals surface area contributed by atoms with Crippen molar-refractivity contribution in [2.75, 3.05) is 16.0 Å². The zero-order valence-corrected chi connectivity index (χ0v) is 15.1. The Morgan fingerprint density at radius 2 is 1.79 bits per heavy atom. The van der Waals surface area contributed by atoms with Crippen LogP contribution in [0.2, 0.25) is 0 Å². The predicted molar refractivity (Wildman–Crippen MR) is 106 cm³/mol. The number of hydrogen-bond donors (Lipinski definition) is 4. The first-order valence-electron chi connectivity index (χ1n) is 8.55. The van der Waals surface area contributed by atoms with Crippen molar-refractivity contribution in [3.63, 3.8) is 0 Å². The topological polar surface area (TPSA) is 137 Å². The highest BCUT2D eigenvalue weighted by molar-refractivity contribution is 6.52. The third-order valence-corrected chi connectivity index (χ3v) is 4.36. The van der Waals surface area contributed by atoms with Crippen LogP contribution in [0.25, 0.3) is 10.8 Å². The minimum absolute atomic E-state index is 0.0324. The summed E-state index contributed by atoms with van der Waals surface area (Å²) in [5.74, 6) is -2.69. The molecule has 4 rings (SSSR count). The van der Waals surface area contributed by atoms with Gasteiger partial charge in [0.2, 0.25) is 5.91 Å². The van der Waals surface area contributed by atoms with Crippen LogP contribution in [0.5, 0.6) is 0 Å². The van der Waals surface area contributed by atoms with E-state index in [0.717, 1.165) is 0 Å². The lowest BCUT2D eigenvalue weighted by molar-refractivity contribution is -0.114. The molecule has 0 spiro atoms. The van der Waals surface area contributed by atoms with E-state index in [-0.39, 0.29) is 28.7 Å².